The summed E-state index contributed by atoms with van der Waals surface area (Å²) in [7, 11) is 0. The maximum atomic E-state index is 10.5. The lowest BCUT2D eigenvalue weighted by molar-refractivity contribution is 0.111. The second-order valence-corrected chi connectivity index (χ2v) is 5.57. The number of aromatic amines is 2. The molecule has 0 radical (unpaired) electrons. The third kappa shape index (κ3) is 2.89. The minimum Gasteiger partial charge on any atom is -0.345 e. The van der Waals surface area contributed by atoms with Crippen molar-refractivity contribution in [2.75, 3.05) is 0 Å². The lowest BCUT2D eigenvalue weighted by Crippen LogP contribution is -1.78. The maximum Gasteiger partial charge on any atom is 0.152 e. The van der Waals surface area contributed by atoms with Gasteiger partial charge in [0, 0.05) is 46.7 Å². The number of pyridine rings is 2. The van der Waals surface area contributed by atoms with Crippen molar-refractivity contribution in [2.45, 2.75) is 0 Å². The van der Waals surface area contributed by atoms with Crippen LogP contribution in [0.4, 0.5) is 0 Å². The molecule has 0 aliphatic rings. The van der Waals surface area contributed by atoms with Gasteiger partial charge in [-0.15, -0.1) is 0 Å². The molecule has 6 nitrogen and oxygen atoms in total. The van der Waals surface area contributed by atoms with E-state index in [9.17, 15) is 9.59 Å². The highest BCUT2D eigenvalue weighted by Gasteiger charge is 2.07. The maximum absolute atomic E-state index is 10.5. The van der Waals surface area contributed by atoms with E-state index in [1.165, 1.54) is 0 Å². The lowest BCUT2D eigenvalue weighted by Gasteiger charge is -1.91. The molecule has 0 aliphatic carbocycles. The highest BCUT2D eigenvalue weighted by Crippen LogP contribution is 2.24. The molecule has 4 aromatic heterocycles. The Bertz CT molecular complexity index is 955. The van der Waals surface area contributed by atoms with Crippen LogP contribution in [0, 0.1) is 0 Å². The van der Waals surface area contributed by atoms with E-state index in [0.29, 0.717) is 43.2 Å². The summed E-state index contributed by atoms with van der Waals surface area (Å²) in [5, 5.41) is 2.47. The van der Waals surface area contributed by atoms with E-state index in [1.807, 2.05) is 0 Å². The van der Waals surface area contributed by atoms with Gasteiger partial charge in [0.25, 0.3) is 0 Å². The van der Waals surface area contributed by atoms with Gasteiger partial charge in [-0.2, -0.15) is 0 Å². The van der Waals surface area contributed by atoms with Crippen LogP contribution in [0.2, 0.25) is 10.0 Å². The van der Waals surface area contributed by atoms with Gasteiger partial charge in [-0.1, -0.05) is 23.2 Å². The molecule has 0 amide bonds. The first kappa shape index (κ1) is 16.2. The standard InChI is InChI=1S/2C8H5ClN2O/c2*9-6-1-2-10-8-7(6)5(4-12)3-11-8/h2*1-4H,(H,10,11). The number of fused-ring (bicyclic) bond motifs is 2. The number of aromatic nitrogens is 4. The predicted octanol–water partition coefficient (Wildman–Crippen LogP) is 4.06. The smallest absolute Gasteiger partial charge is 0.152 e. The molecule has 8 heteroatoms. The Labute approximate surface area is 145 Å². The van der Waals surface area contributed by atoms with Crippen molar-refractivity contribution in [3.8, 4) is 0 Å². The van der Waals surface area contributed by atoms with E-state index < -0.39 is 0 Å². The summed E-state index contributed by atoms with van der Waals surface area (Å²) in [6, 6.07) is 3.31. The number of hydrogen-bond donors (Lipinski definition) is 2. The molecule has 2 N–H and O–H groups in total. The van der Waals surface area contributed by atoms with Crippen LogP contribution in [-0.2, 0) is 0 Å². The molecule has 0 aliphatic heterocycles. The highest BCUT2D eigenvalue weighted by atomic mass is 35.5. The fourth-order valence-electron chi connectivity index (χ4n) is 2.27. The number of rotatable bonds is 2. The molecule has 0 aromatic carbocycles. The van der Waals surface area contributed by atoms with E-state index in [0.717, 1.165) is 12.6 Å². The Morgan fingerprint density at radius 2 is 1.21 bits per heavy atom. The fourth-order valence-corrected chi connectivity index (χ4v) is 2.78. The fraction of sp³-hybridized carbons (Fsp3) is 0. The number of nitrogens with zero attached hydrogens (tertiary/aromatic N) is 2. The molecule has 0 fully saturated rings. The quantitative estimate of drug-likeness (QED) is 0.527. The van der Waals surface area contributed by atoms with Gasteiger partial charge in [0.1, 0.15) is 11.3 Å². The monoisotopic (exact) mass is 360 g/mol. The minimum absolute atomic E-state index is 0.545. The molecule has 0 saturated heterocycles. The van der Waals surface area contributed by atoms with Crippen molar-refractivity contribution in [1.82, 2.24) is 19.9 Å². The first-order valence-electron chi connectivity index (χ1n) is 6.79. The van der Waals surface area contributed by atoms with E-state index in [1.54, 1.807) is 36.9 Å². The zero-order valence-electron chi connectivity index (χ0n) is 12.1. The van der Waals surface area contributed by atoms with E-state index in [2.05, 4.69) is 19.9 Å². The topological polar surface area (TPSA) is 91.5 Å². The number of carbonyl (C=O) groups excluding carboxylic acids is 2. The average molecular weight is 361 g/mol. The van der Waals surface area contributed by atoms with Crippen LogP contribution in [0.3, 0.4) is 0 Å². The van der Waals surface area contributed by atoms with E-state index in [4.69, 9.17) is 23.2 Å². The van der Waals surface area contributed by atoms with Gasteiger partial charge in [0.15, 0.2) is 12.6 Å². The molecule has 24 heavy (non-hydrogen) atoms. The van der Waals surface area contributed by atoms with Crippen LogP contribution in [0.1, 0.15) is 20.7 Å². The third-order valence-electron chi connectivity index (χ3n) is 3.36. The van der Waals surface area contributed by atoms with Crippen molar-refractivity contribution in [2.24, 2.45) is 0 Å². The van der Waals surface area contributed by atoms with Gasteiger partial charge < -0.3 is 9.97 Å². The molecule has 4 rings (SSSR count). The summed E-state index contributed by atoms with van der Waals surface area (Å²) in [6.45, 7) is 0. The Morgan fingerprint density at radius 3 is 1.58 bits per heavy atom. The summed E-state index contributed by atoms with van der Waals surface area (Å²) in [4.78, 5) is 34.8. The van der Waals surface area contributed by atoms with Crippen molar-refractivity contribution in [3.05, 3.63) is 58.1 Å². The minimum atomic E-state index is 0.545. The Kier molecular flexibility index (Phi) is 4.59. The second-order valence-electron chi connectivity index (χ2n) is 4.76. The Balaban J connectivity index is 0.000000141. The molecule has 120 valence electrons. The van der Waals surface area contributed by atoms with Crippen molar-refractivity contribution in [1.29, 1.82) is 0 Å². The normalized spacial score (nSPS) is 10.4. The third-order valence-corrected chi connectivity index (χ3v) is 3.99. The van der Waals surface area contributed by atoms with Gasteiger partial charge in [0.2, 0.25) is 0 Å². The van der Waals surface area contributed by atoms with E-state index >= 15 is 0 Å². The van der Waals surface area contributed by atoms with E-state index in [-0.39, 0.29) is 0 Å². The van der Waals surface area contributed by atoms with Gasteiger partial charge in [-0.05, 0) is 12.1 Å². The molecule has 0 bridgehead atoms. The molecule has 0 unspecified atom stereocenters. The van der Waals surface area contributed by atoms with Crippen molar-refractivity contribution >= 4 is 57.8 Å². The van der Waals surface area contributed by atoms with Crippen LogP contribution < -0.4 is 0 Å². The van der Waals surface area contributed by atoms with Gasteiger partial charge in [-0.25, -0.2) is 9.97 Å². The molecule has 4 aromatic rings. The van der Waals surface area contributed by atoms with Gasteiger partial charge in [0.05, 0.1) is 10.0 Å². The summed E-state index contributed by atoms with van der Waals surface area (Å²) in [6.07, 6.45) is 7.89. The number of carbonyl (C=O) groups is 2. The summed E-state index contributed by atoms with van der Waals surface area (Å²) >= 11 is 11.7. The van der Waals surface area contributed by atoms with Gasteiger partial charge in [-0.3, -0.25) is 9.59 Å². The number of halogens is 2. The molecule has 0 spiro atoms. The zero-order chi connectivity index (χ0) is 17.1. The summed E-state index contributed by atoms with van der Waals surface area (Å²) in [5.74, 6) is 0. The largest absolute Gasteiger partial charge is 0.345 e. The van der Waals surface area contributed by atoms with Crippen LogP contribution in [0.5, 0.6) is 0 Å². The van der Waals surface area contributed by atoms with Crippen molar-refractivity contribution < 1.29 is 9.59 Å². The summed E-state index contributed by atoms with van der Waals surface area (Å²) < 4.78 is 0. The first-order chi connectivity index (χ1) is 11.7. The zero-order valence-corrected chi connectivity index (χ0v) is 13.6. The molecule has 0 saturated carbocycles. The lowest BCUT2D eigenvalue weighted by atomic mass is 10.2. The van der Waals surface area contributed by atoms with Gasteiger partial charge >= 0.3 is 0 Å². The van der Waals surface area contributed by atoms with Crippen LogP contribution in [0.25, 0.3) is 22.1 Å². The van der Waals surface area contributed by atoms with Crippen LogP contribution >= 0.6 is 23.2 Å². The number of hydrogen-bond acceptors (Lipinski definition) is 4. The Hall–Kier alpha value is -2.70. The number of aldehydes is 2. The first-order valence-corrected chi connectivity index (χ1v) is 7.54. The van der Waals surface area contributed by atoms with Crippen LogP contribution in [-0.4, -0.2) is 32.5 Å². The Morgan fingerprint density at radius 1 is 0.792 bits per heavy atom. The SMILES string of the molecule is O=Cc1c[nH]c2nccc(Cl)c12.O=Cc1c[nH]c2nccc(Cl)c12. The van der Waals surface area contributed by atoms with Crippen molar-refractivity contribution in [3.63, 3.8) is 0 Å². The molecule has 4 heterocycles. The predicted molar refractivity (Wildman–Crippen MR) is 93.0 cm³/mol. The highest BCUT2D eigenvalue weighted by molar-refractivity contribution is 6.36. The number of nitrogens with one attached hydrogen (secondary N) is 2. The second kappa shape index (κ2) is 6.82. The molecule has 0 atom stereocenters. The van der Waals surface area contributed by atoms with Crippen LogP contribution in [0.15, 0.2) is 36.9 Å². The number of H-pyrrole nitrogens is 2. The molecular weight excluding hydrogens is 351 g/mol. The molecular formula is C16H10Cl2N4O2. The summed E-state index contributed by atoms with van der Waals surface area (Å²) in [5.41, 5.74) is 2.38. The average Bonchev–Trinajstić information content (AvgIpc) is 3.20.